The quantitative estimate of drug-likeness (QED) is 0.672. The maximum atomic E-state index is 11.9. The molecule has 0 aliphatic carbocycles. The molecule has 2 N–H and O–H groups in total. The molecule has 4 nitrogen and oxygen atoms in total. The maximum Gasteiger partial charge on any atom is 0.251 e. The monoisotopic (exact) mass is 264 g/mol. The Labute approximate surface area is 115 Å². The number of hydrogen-bond acceptors (Lipinski definition) is 3. The van der Waals surface area contributed by atoms with Crippen LogP contribution in [-0.2, 0) is 0 Å². The second-order valence-electron chi connectivity index (χ2n) is 4.34. The molecule has 0 saturated heterocycles. The smallest absolute Gasteiger partial charge is 0.251 e. The van der Waals surface area contributed by atoms with Crippen LogP contribution < -0.4 is 15.4 Å². The topological polar surface area (TPSA) is 50.4 Å². The van der Waals surface area contributed by atoms with Gasteiger partial charge < -0.3 is 15.4 Å². The molecule has 0 saturated carbocycles. The molecular weight excluding hydrogens is 240 g/mol. The van der Waals surface area contributed by atoms with Gasteiger partial charge in [-0.3, -0.25) is 4.79 Å². The minimum Gasteiger partial charge on any atom is -0.494 e. The highest BCUT2D eigenvalue weighted by molar-refractivity contribution is 5.94. The van der Waals surface area contributed by atoms with E-state index in [-0.39, 0.29) is 5.91 Å². The molecule has 0 bridgehead atoms. The van der Waals surface area contributed by atoms with E-state index in [0.717, 1.165) is 31.7 Å². The molecular formula is C15H24N2O2. The van der Waals surface area contributed by atoms with E-state index in [4.69, 9.17) is 4.74 Å². The predicted octanol–water partition coefficient (Wildman–Crippen LogP) is 2.20. The summed E-state index contributed by atoms with van der Waals surface area (Å²) in [6.45, 7) is 7.38. The molecule has 1 rings (SSSR count). The number of ether oxygens (including phenoxy) is 1. The number of amides is 1. The largest absolute Gasteiger partial charge is 0.494 e. The van der Waals surface area contributed by atoms with Gasteiger partial charge in [-0.25, -0.2) is 0 Å². The van der Waals surface area contributed by atoms with Gasteiger partial charge >= 0.3 is 0 Å². The average molecular weight is 264 g/mol. The third-order valence-corrected chi connectivity index (χ3v) is 2.63. The normalized spacial score (nSPS) is 10.2. The van der Waals surface area contributed by atoms with Crippen LogP contribution in [0.5, 0.6) is 5.75 Å². The first-order valence-electron chi connectivity index (χ1n) is 6.99. The fraction of sp³-hybridized carbons (Fsp3) is 0.533. The molecule has 0 aliphatic rings. The van der Waals surface area contributed by atoms with Crippen molar-refractivity contribution in [3.63, 3.8) is 0 Å². The number of carbonyl (C=O) groups excluding carboxylic acids is 1. The SMILES string of the molecule is CCCOc1cccc(C(=O)NCCCNCC)c1. The highest BCUT2D eigenvalue weighted by atomic mass is 16.5. The molecule has 0 unspecified atom stereocenters. The van der Waals surface area contributed by atoms with Crippen LogP contribution >= 0.6 is 0 Å². The van der Waals surface area contributed by atoms with E-state index in [2.05, 4.69) is 24.5 Å². The van der Waals surface area contributed by atoms with E-state index in [1.54, 1.807) is 12.1 Å². The average Bonchev–Trinajstić information content (AvgIpc) is 2.45. The van der Waals surface area contributed by atoms with Crippen LogP contribution in [0.15, 0.2) is 24.3 Å². The zero-order chi connectivity index (χ0) is 13.9. The van der Waals surface area contributed by atoms with Crippen LogP contribution in [0.25, 0.3) is 0 Å². The molecule has 106 valence electrons. The van der Waals surface area contributed by atoms with Crippen molar-refractivity contribution in [2.45, 2.75) is 26.7 Å². The zero-order valence-electron chi connectivity index (χ0n) is 11.9. The Morgan fingerprint density at radius 3 is 2.84 bits per heavy atom. The van der Waals surface area contributed by atoms with Gasteiger partial charge in [0.25, 0.3) is 5.91 Å². The van der Waals surface area contributed by atoms with Gasteiger partial charge in [-0.15, -0.1) is 0 Å². The van der Waals surface area contributed by atoms with Gasteiger partial charge in [0, 0.05) is 12.1 Å². The van der Waals surface area contributed by atoms with Crippen LogP contribution in [-0.4, -0.2) is 32.1 Å². The van der Waals surface area contributed by atoms with Gasteiger partial charge in [0.15, 0.2) is 0 Å². The first-order valence-corrected chi connectivity index (χ1v) is 6.99. The fourth-order valence-corrected chi connectivity index (χ4v) is 1.64. The molecule has 19 heavy (non-hydrogen) atoms. The molecule has 0 radical (unpaired) electrons. The van der Waals surface area contributed by atoms with Crippen LogP contribution in [0.1, 0.15) is 37.0 Å². The van der Waals surface area contributed by atoms with Gasteiger partial charge in [0.2, 0.25) is 0 Å². The lowest BCUT2D eigenvalue weighted by molar-refractivity contribution is 0.0953. The number of rotatable bonds is 9. The highest BCUT2D eigenvalue weighted by Gasteiger charge is 2.05. The first-order chi connectivity index (χ1) is 9.27. The van der Waals surface area contributed by atoms with Gasteiger partial charge in [-0.05, 0) is 44.1 Å². The molecule has 1 aromatic carbocycles. The van der Waals surface area contributed by atoms with E-state index in [0.29, 0.717) is 18.7 Å². The Morgan fingerprint density at radius 2 is 2.11 bits per heavy atom. The summed E-state index contributed by atoms with van der Waals surface area (Å²) in [5, 5.41) is 6.13. The van der Waals surface area contributed by atoms with Crippen molar-refractivity contribution >= 4 is 5.91 Å². The summed E-state index contributed by atoms with van der Waals surface area (Å²) in [5.41, 5.74) is 0.650. The van der Waals surface area contributed by atoms with Gasteiger partial charge in [0.1, 0.15) is 5.75 Å². The minimum atomic E-state index is -0.0431. The lowest BCUT2D eigenvalue weighted by Crippen LogP contribution is -2.27. The Morgan fingerprint density at radius 1 is 1.26 bits per heavy atom. The predicted molar refractivity (Wildman–Crippen MR) is 77.7 cm³/mol. The van der Waals surface area contributed by atoms with Crippen molar-refractivity contribution in [2.24, 2.45) is 0 Å². The first kappa shape index (κ1) is 15.5. The molecule has 0 atom stereocenters. The number of benzene rings is 1. The fourth-order valence-electron chi connectivity index (χ4n) is 1.64. The molecule has 0 heterocycles. The van der Waals surface area contributed by atoms with E-state index in [1.807, 2.05) is 12.1 Å². The van der Waals surface area contributed by atoms with Crippen LogP contribution in [0.2, 0.25) is 0 Å². The third kappa shape index (κ3) is 6.25. The summed E-state index contributed by atoms with van der Waals surface area (Å²) in [7, 11) is 0. The van der Waals surface area contributed by atoms with Crippen molar-refractivity contribution in [3.05, 3.63) is 29.8 Å². The summed E-state index contributed by atoms with van der Waals surface area (Å²) < 4.78 is 5.51. The van der Waals surface area contributed by atoms with Crippen molar-refractivity contribution in [3.8, 4) is 5.75 Å². The number of carbonyl (C=O) groups is 1. The van der Waals surface area contributed by atoms with Crippen molar-refractivity contribution in [1.29, 1.82) is 0 Å². The summed E-state index contributed by atoms with van der Waals surface area (Å²) in [6, 6.07) is 7.31. The second-order valence-corrected chi connectivity index (χ2v) is 4.34. The third-order valence-electron chi connectivity index (χ3n) is 2.63. The standard InChI is InChI=1S/C15H24N2O2/c1-3-11-19-14-8-5-7-13(12-14)15(18)17-10-6-9-16-4-2/h5,7-8,12,16H,3-4,6,9-11H2,1-2H3,(H,17,18). The zero-order valence-corrected chi connectivity index (χ0v) is 11.9. The van der Waals surface area contributed by atoms with Gasteiger partial charge in [-0.1, -0.05) is 19.9 Å². The van der Waals surface area contributed by atoms with Crippen molar-refractivity contribution in [2.75, 3.05) is 26.2 Å². The molecule has 4 heteroatoms. The number of nitrogens with one attached hydrogen (secondary N) is 2. The molecule has 0 aromatic heterocycles. The van der Waals surface area contributed by atoms with E-state index < -0.39 is 0 Å². The molecule has 0 aliphatic heterocycles. The van der Waals surface area contributed by atoms with E-state index in [1.165, 1.54) is 0 Å². The van der Waals surface area contributed by atoms with Crippen LogP contribution in [0.4, 0.5) is 0 Å². The summed E-state index contributed by atoms with van der Waals surface area (Å²) in [6.07, 6.45) is 1.90. The maximum absolute atomic E-state index is 11.9. The highest BCUT2D eigenvalue weighted by Crippen LogP contribution is 2.13. The second kappa shape index (κ2) is 9.39. The summed E-state index contributed by atoms with van der Waals surface area (Å²) in [4.78, 5) is 11.9. The molecule has 1 amide bonds. The van der Waals surface area contributed by atoms with Crippen LogP contribution in [0.3, 0.4) is 0 Å². The minimum absolute atomic E-state index is 0.0431. The van der Waals surface area contributed by atoms with Crippen molar-refractivity contribution < 1.29 is 9.53 Å². The van der Waals surface area contributed by atoms with Crippen molar-refractivity contribution in [1.82, 2.24) is 10.6 Å². The summed E-state index contributed by atoms with van der Waals surface area (Å²) in [5.74, 6) is 0.709. The molecule has 0 spiro atoms. The Kier molecular flexibility index (Phi) is 7.66. The molecule has 0 fully saturated rings. The summed E-state index contributed by atoms with van der Waals surface area (Å²) >= 11 is 0. The van der Waals surface area contributed by atoms with E-state index in [9.17, 15) is 4.79 Å². The molecule has 1 aromatic rings. The lowest BCUT2D eigenvalue weighted by atomic mass is 10.2. The lowest BCUT2D eigenvalue weighted by Gasteiger charge is -2.08. The Balaban J connectivity index is 2.38. The van der Waals surface area contributed by atoms with Gasteiger partial charge in [-0.2, -0.15) is 0 Å². The Hall–Kier alpha value is -1.55. The van der Waals surface area contributed by atoms with E-state index >= 15 is 0 Å². The van der Waals surface area contributed by atoms with Crippen LogP contribution in [0, 0.1) is 0 Å². The van der Waals surface area contributed by atoms with Gasteiger partial charge in [0.05, 0.1) is 6.61 Å². The number of hydrogen-bond donors (Lipinski definition) is 2. The Bertz CT molecular complexity index is 380.